The number of methoxy groups -OCH3 is 1. The molecule has 0 radical (unpaired) electrons. The Morgan fingerprint density at radius 2 is 2.27 bits per heavy atom. The van der Waals surface area contributed by atoms with Crippen LogP contribution in [0.25, 0.3) is 0 Å². The van der Waals surface area contributed by atoms with Gasteiger partial charge in [-0.2, -0.15) is 0 Å². The topological polar surface area (TPSA) is 14.2 Å². The average Bonchev–Trinajstić information content (AvgIpc) is 2.29. The second-order valence-corrected chi connectivity index (χ2v) is 2.80. The largest absolute Gasteiger partial charge is 0.384 e. The summed E-state index contributed by atoms with van der Waals surface area (Å²) >= 11 is 0. The van der Waals surface area contributed by atoms with E-state index in [-0.39, 0.29) is 0 Å². The second-order valence-electron chi connectivity index (χ2n) is 2.80. The fraction of sp³-hybridized carbons (Fsp3) is 0.556. The highest BCUT2D eigenvalue weighted by Crippen LogP contribution is 2.08. The molecule has 0 spiro atoms. The Morgan fingerprint density at radius 3 is 2.73 bits per heavy atom. The molecule has 1 heterocycles. The van der Waals surface area contributed by atoms with E-state index < -0.39 is 0 Å². The van der Waals surface area contributed by atoms with E-state index in [0.29, 0.717) is 0 Å². The minimum absolute atomic E-state index is 0.804. The van der Waals surface area contributed by atoms with Gasteiger partial charge in [-0.05, 0) is 18.6 Å². The second kappa shape index (κ2) is 3.58. The lowest BCUT2D eigenvalue weighted by Crippen LogP contribution is -2.01. The number of ether oxygens (including phenoxy) is 1. The van der Waals surface area contributed by atoms with Crippen molar-refractivity contribution in [2.45, 2.75) is 13.3 Å². The standard InChI is InChI=1S/C9H15NO/c1-8-4-6-10(2)9(8)5-7-11-3/h4,6H,5,7H2,1-3H3. The monoisotopic (exact) mass is 153 g/mol. The van der Waals surface area contributed by atoms with Crippen molar-refractivity contribution in [3.8, 4) is 0 Å². The molecule has 1 rings (SSSR count). The summed E-state index contributed by atoms with van der Waals surface area (Å²) in [6, 6.07) is 2.13. The van der Waals surface area contributed by atoms with E-state index in [9.17, 15) is 0 Å². The molecule has 11 heavy (non-hydrogen) atoms. The van der Waals surface area contributed by atoms with Gasteiger partial charge in [-0.15, -0.1) is 0 Å². The minimum Gasteiger partial charge on any atom is -0.384 e. The van der Waals surface area contributed by atoms with E-state index >= 15 is 0 Å². The van der Waals surface area contributed by atoms with Crippen molar-refractivity contribution in [2.75, 3.05) is 13.7 Å². The van der Waals surface area contributed by atoms with E-state index in [1.807, 2.05) is 0 Å². The maximum Gasteiger partial charge on any atom is 0.0517 e. The molecule has 0 aliphatic carbocycles. The van der Waals surface area contributed by atoms with E-state index in [2.05, 4.69) is 30.8 Å². The molecule has 2 nitrogen and oxygen atoms in total. The summed E-state index contributed by atoms with van der Waals surface area (Å²) in [5.74, 6) is 0. The molecule has 0 saturated carbocycles. The van der Waals surface area contributed by atoms with Gasteiger partial charge in [0.2, 0.25) is 0 Å². The molecule has 62 valence electrons. The van der Waals surface area contributed by atoms with E-state index in [0.717, 1.165) is 13.0 Å². The first-order chi connectivity index (χ1) is 5.25. The van der Waals surface area contributed by atoms with Crippen molar-refractivity contribution in [3.63, 3.8) is 0 Å². The summed E-state index contributed by atoms with van der Waals surface area (Å²) in [6.07, 6.45) is 3.09. The highest BCUT2D eigenvalue weighted by molar-refractivity contribution is 5.20. The van der Waals surface area contributed by atoms with Crippen LogP contribution in [0, 0.1) is 6.92 Å². The maximum absolute atomic E-state index is 5.01. The number of nitrogens with zero attached hydrogens (tertiary/aromatic N) is 1. The molecule has 2 heteroatoms. The summed E-state index contributed by atoms with van der Waals surface area (Å²) in [6.45, 7) is 2.93. The number of aryl methyl sites for hydroxylation is 2. The number of hydrogen-bond acceptors (Lipinski definition) is 1. The number of hydrogen-bond donors (Lipinski definition) is 0. The summed E-state index contributed by atoms with van der Waals surface area (Å²) in [4.78, 5) is 0. The molecule has 0 N–H and O–H groups in total. The number of rotatable bonds is 3. The van der Waals surface area contributed by atoms with Gasteiger partial charge in [0, 0.05) is 32.5 Å². The lowest BCUT2D eigenvalue weighted by Gasteiger charge is -2.03. The molecular weight excluding hydrogens is 138 g/mol. The van der Waals surface area contributed by atoms with Crippen LogP contribution in [0.15, 0.2) is 12.3 Å². The molecule has 1 aromatic heterocycles. The Labute approximate surface area is 67.8 Å². The zero-order valence-electron chi connectivity index (χ0n) is 7.42. The molecule has 0 fully saturated rings. The van der Waals surface area contributed by atoms with Gasteiger partial charge in [0.05, 0.1) is 6.61 Å². The van der Waals surface area contributed by atoms with Gasteiger partial charge in [0.15, 0.2) is 0 Å². The van der Waals surface area contributed by atoms with E-state index in [1.165, 1.54) is 11.3 Å². The van der Waals surface area contributed by atoms with Crippen LogP contribution in [0.3, 0.4) is 0 Å². The van der Waals surface area contributed by atoms with Gasteiger partial charge in [0.25, 0.3) is 0 Å². The predicted molar refractivity (Wildman–Crippen MR) is 45.7 cm³/mol. The summed E-state index contributed by atoms with van der Waals surface area (Å²) in [7, 11) is 3.80. The summed E-state index contributed by atoms with van der Waals surface area (Å²) in [5, 5.41) is 0. The van der Waals surface area contributed by atoms with Crippen molar-refractivity contribution in [2.24, 2.45) is 7.05 Å². The zero-order chi connectivity index (χ0) is 8.27. The van der Waals surface area contributed by atoms with Crippen molar-refractivity contribution >= 4 is 0 Å². The predicted octanol–water partition coefficient (Wildman–Crippen LogP) is 1.52. The van der Waals surface area contributed by atoms with Crippen LogP contribution in [0.2, 0.25) is 0 Å². The van der Waals surface area contributed by atoms with Crippen LogP contribution < -0.4 is 0 Å². The third-order valence-electron chi connectivity index (χ3n) is 1.97. The first-order valence-electron chi connectivity index (χ1n) is 3.85. The van der Waals surface area contributed by atoms with Crippen molar-refractivity contribution in [1.82, 2.24) is 4.57 Å². The average molecular weight is 153 g/mol. The van der Waals surface area contributed by atoms with Crippen molar-refractivity contribution < 1.29 is 4.74 Å². The van der Waals surface area contributed by atoms with Crippen molar-refractivity contribution in [3.05, 3.63) is 23.5 Å². The first kappa shape index (κ1) is 8.34. The maximum atomic E-state index is 5.01. The minimum atomic E-state index is 0.804. The van der Waals surface area contributed by atoms with Crippen LogP contribution in [-0.4, -0.2) is 18.3 Å². The van der Waals surface area contributed by atoms with Crippen LogP contribution in [0.4, 0.5) is 0 Å². The lowest BCUT2D eigenvalue weighted by molar-refractivity contribution is 0.200. The fourth-order valence-corrected chi connectivity index (χ4v) is 1.26. The van der Waals surface area contributed by atoms with Crippen molar-refractivity contribution in [1.29, 1.82) is 0 Å². The molecular formula is C9H15NO. The SMILES string of the molecule is COCCc1c(C)ccn1C. The Bertz CT molecular complexity index is 208. The normalized spacial score (nSPS) is 10.5. The Kier molecular flexibility index (Phi) is 2.71. The molecule has 0 saturated heterocycles. The Hall–Kier alpha value is -0.760. The third-order valence-corrected chi connectivity index (χ3v) is 1.97. The van der Waals surface area contributed by atoms with Gasteiger partial charge in [-0.25, -0.2) is 0 Å². The van der Waals surface area contributed by atoms with Crippen LogP contribution >= 0.6 is 0 Å². The molecule has 0 unspecified atom stereocenters. The molecule has 0 aliphatic rings. The number of aromatic nitrogens is 1. The molecule has 0 aromatic carbocycles. The molecule has 1 aromatic rings. The van der Waals surface area contributed by atoms with Gasteiger partial charge >= 0.3 is 0 Å². The smallest absolute Gasteiger partial charge is 0.0517 e. The first-order valence-corrected chi connectivity index (χ1v) is 3.85. The van der Waals surface area contributed by atoms with Crippen LogP contribution in [0.5, 0.6) is 0 Å². The van der Waals surface area contributed by atoms with Gasteiger partial charge in [-0.1, -0.05) is 0 Å². The molecule has 0 amide bonds. The zero-order valence-corrected chi connectivity index (χ0v) is 7.42. The lowest BCUT2D eigenvalue weighted by atomic mass is 10.2. The molecule has 0 aliphatic heterocycles. The highest BCUT2D eigenvalue weighted by Gasteiger charge is 2.00. The summed E-state index contributed by atoms with van der Waals surface area (Å²) in [5.41, 5.74) is 2.72. The summed E-state index contributed by atoms with van der Waals surface area (Å²) < 4.78 is 7.16. The Balaban J connectivity index is 2.67. The molecule has 0 atom stereocenters. The van der Waals surface area contributed by atoms with E-state index in [4.69, 9.17) is 4.74 Å². The molecule has 0 bridgehead atoms. The van der Waals surface area contributed by atoms with Crippen LogP contribution in [-0.2, 0) is 18.2 Å². The third kappa shape index (κ3) is 1.84. The Morgan fingerprint density at radius 1 is 1.55 bits per heavy atom. The van der Waals surface area contributed by atoms with Gasteiger partial charge < -0.3 is 9.30 Å². The van der Waals surface area contributed by atoms with E-state index in [1.54, 1.807) is 7.11 Å². The van der Waals surface area contributed by atoms with Gasteiger partial charge in [-0.3, -0.25) is 0 Å². The highest BCUT2D eigenvalue weighted by atomic mass is 16.5. The fourth-order valence-electron chi connectivity index (χ4n) is 1.26. The quantitative estimate of drug-likeness (QED) is 0.642. The van der Waals surface area contributed by atoms with Crippen LogP contribution in [0.1, 0.15) is 11.3 Å². The van der Waals surface area contributed by atoms with Gasteiger partial charge in [0.1, 0.15) is 0 Å².